The van der Waals surface area contributed by atoms with E-state index in [4.69, 9.17) is 24.8 Å². The Morgan fingerprint density at radius 3 is 1.88 bits per heavy atom. The van der Waals surface area contributed by atoms with Crippen molar-refractivity contribution in [2.24, 2.45) is 0 Å². The zero-order valence-corrected chi connectivity index (χ0v) is 36.5. The van der Waals surface area contributed by atoms with Crippen LogP contribution in [-0.2, 0) is 29.8 Å². The second-order valence-electron chi connectivity index (χ2n) is 16.1. The van der Waals surface area contributed by atoms with Gasteiger partial charge in [-0.1, -0.05) is 153 Å². The Kier molecular flexibility index (Phi) is 12.4. The van der Waals surface area contributed by atoms with Crippen LogP contribution in [0.15, 0.2) is 164 Å². The van der Waals surface area contributed by atoms with Gasteiger partial charge < -0.3 is 18.9 Å². The Morgan fingerprint density at radius 2 is 1.28 bits per heavy atom. The quantitative estimate of drug-likeness (QED) is 0.0739. The van der Waals surface area contributed by atoms with Gasteiger partial charge >= 0.3 is 5.97 Å². The van der Waals surface area contributed by atoms with Gasteiger partial charge in [-0.2, -0.15) is 0 Å². The van der Waals surface area contributed by atoms with Gasteiger partial charge in [0.15, 0.2) is 11.5 Å². The summed E-state index contributed by atoms with van der Waals surface area (Å²) < 4.78 is 14.9. The Balaban J connectivity index is 1.03. The minimum atomic E-state index is -0.887. The lowest BCUT2D eigenvalue weighted by Crippen LogP contribution is -2.46. The molecule has 0 bridgehead atoms. The number of carbonyl (C=O) groups excluding carboxylic acids is 1. The molecule has 0 atom stereocenters. The fourth-order valence-corrected chi connectivity index (χ4v) is 9.14. The molecule has 322 valence electrons. The molecule has 0 aliphatic carbocycles. The van der Waals surface area contributed by atoms with Crippen LogP contribution in [0.25, 0.3) is 22.5 Å². The number of tetrazole rings is 1. The van der Waals surface area contributed by atoms with Crippen molar-refractivity contribution >= 4 is 11.7 Å². The zero-order chi connectivity index (χ0) is 43.9. The number of aromatic nitrogens is 6. The normalized spacial score (nSPS) is 13.2. The number of aryl methyl sites for hydroxylation is 1. The highest BCUT2D eigenvalue weighted by molar-refractivity contribution is 5.89. The summed E-state index contributed by atoms with van der Waals surface area (Å²) in [4.78, 5) is 23.5. The molecule has 1 saturated heterocycles. The number of nitrogens with zero attached hydrogens (tertiary/aromatic N) is 8. The molecule has 0 spiro atoms. The summed E-state index contributed by atoms with van der Waals surface area (Å²) in [6.45, 7) is 6.59. The van der Waals surface area contributed by atoms with Crippen molar-refractivity contribution in [3.8, 4) is 28.3 Å². The number of piperazine rings is 1. The third-order valence-corrected chi connectivity index (χ3v) is 12.3. The van der Waals surface area contributed by atoms with Crippen molar-refractivity contribution in [3.05, 3.63) is 203 Å². The largest absolute Gasteiger partial charge is 0.497 e. The molecule has 0 radical (unpaired) electrons. The highest BCUT2D eigenvalue weighted by Gasteiger charge is 2.42. The van der Waals surface area contributed by atoms with Gasteiger partial charge in [0.05, 0.1) is 19.9 Å². The summed E-state index contributed by atoms with van der Waals surface area (Å²) in [5.41, 5.74) is 8.58. The average molecular weight is 849 g/mol. The van der Waals surface area contributed by atoms with Crippen molar-refractivity contribution in [1.82, 2.24) is 34.7 Å². The molecule has 2 aromatic heterocycles. The maximum absolute atomic E-state index is 13.6. The van der Waals surface area contributed by atoms with Crippen LogP contribution < -0.4 is 9.64 Å². The molecule has 9 rings (SSSR count). The second-order valence-corrected chi connectivity index (χ2v) is 16.1. The molecule has 64 heavy (non-hydrogen) atoms. The molecule has 0 unspecified atom stereocenters. The summed E-state index contributed by atoms with van der Waals surface area (Å²) in [5, 5.41) is 13.9. The predicted octanol–water partition coefficient (Wildman–Crippen LogP) is 9.16. The molecule has 11 heteroatoms. The van der Waals surface area contributed by atoms with Gasteiger partial charge in [-0.3, -0.25) is 4.90 Å². The summed E-state index contributed by atoms with van der Waals surface area (Å²) >= 11 is 0. The Morgan fingerprint density at radius 1 is 0.672 bits per heavy atom. The summed E-state index contributed by atoms with van der Waals surface area (Å²) in [6.07, 6.45) is 1.63. The van der Waals surface area contributed by atoms with Crippen LogP contribution in [0.1, 0.15) is 57.6 Å². The van der Waals surface area contributed by atoms with E-state index < -0.39 is 5.54 Å². The Hall–Kier alpha value is -7.37. The molecule has 0 saturated carbocycles. The third kappa shape index (κ3) is 8.18. The predicted molar refractivity (Wildman–Crippen MR) is 250 cm³/mol. The first-order valence-corrected chi connectivity index (χ1v) is 21.9. The number of methoxy groups -OCH3 is 2. The van der Waals surface area contributed by atoms with Crippen LogP contribution >= 0.6 is 0 Å². The maximum Gasteiger partial charge on any atom is 0.356 e. The number of esters is 1. The Bertz CT molecular complexity index is 2700. The van der Waals surface area contributed by atoms with Gasteiger partial charge in [0, 0.05) is 63.0 Å². The smallest absolute Gasteiger partial charge is 0.356 e. The van der Waals surface area contributed by atoms with Gasteiger partial charge in [0.25, 0.3) is 0 Å². The number of ether oxygens (including phenoxy) is 2. The molecule has 1 fully saturated rings. The lowest BCUT2D eigenvalue weighted by molar-refractivity contribution is 0.0585. The highest BCUT2D eigenvalue weighted by atomic mass is 16.5. The number of benzene rings is 6. The van der Waals surface area contributed by atoms with E-state index >= 15 is 0 Å². The standard InChI is InChI=1S/C53H52N8O3/c1-4-17-49-54-48(38-58-32-34-59(35-33-58)44-24-16-25-45(36-44)63-2)50(52(62)64-3)60(49)37-39-28-30-40(31-29-39)46-26-14-15-27-47(46)51-55-56-57-61(51)53(41-18-8-5-9-19-41,42-20-10-6-11-21-42)43-22-12-7-13-23-43/h5-16,18-31,36H,4,17,32-35,37-38H2,1-3H3. The molecule has 8 aromatic rings. The minimum absolute atomic E-state index is 0.374. The second kappa shape index (κ2) is 18.9. The molecule has 11 nitrogen and oxygen atoms in total. The monoisotopic (exact) mass is 848 g/mol. The fraction of sp³-hybridized carbons (Fsp3) is 0.226. The molecule has 1 aliphatic heterocycles. The summed E-state index contributed by atoms with van der Waals surface area (Å²) in [7, 11) is 3.14. The van der Waals surface area contributed by atoms with E-state index in [1.807, 2.05) is 47.1 Å². The van der Waals surface area contributed by atoms with Crippen LogP contribution in [-0.4, -0.2) is 81.0 Å². The molecule has 1 aliphatic rings. The van der Waals surface area contributed by atoms with Crippen LogP contribution in [0.2, 0.25) is 0 Å². The Labute approximate surface area is 374 Å². The van der Waals surface area contributed by atoms with Crippen LogP contribution in [0.3, 0.4) is 0 Å². The van der Waals surface area contributed by atoms with Crippen LogP contribution in [0, 0.1) is 0 Å². The van der Waals surface area contributed by atoms with Crippen LogP contribution in [0.4, 0.5) is 5.69 Å². The van der Waals surface area contributed by atoms with E-state index in [1.165, 1.54) is 7.11 Å². The number of hydrogen-bond acceptors (Lipinski definition) is 9. The first-order valence-electron chi connectivity index (χ1n) is 21.9. The van der Waals surface area contributed by atoms with Gasteiger partial charge in [-0.25, -0.2) is 14.5 Å². The molecule has 6 aromatic carbocycles. The van der Waals surface area contributed by atoms with E-state index in [1.54, 1.807) is 7.11 Å². The van der Waals surface area contributed by atoms with Gasteiger partial charge in [0.2, 0.25) is 0 Å². The molecule has 0 N–H and O–H groups in total. The van der Waals surface area contributed by atoms with E-state index in [0.717, 1.165) is 101 Å². The number of rotatable bonds is 15. The molecular formula is C53H52N8O3. The molecular weight excluding hydrogens is 797 g/mol. The molecule has 0 amide bonds. The molecule has 3 heterocycles. The topological polar surface area (TPSA) is 103 Å². The first-order chi connectivity index (χ1) is 31.5. The number of anilines is 1. The number of hydrogen-bond donors (Lipinski definition) is 0. The average Bonchev–Trinajstić information content (AvgIpc) is 3.98. The van der Waals surface area contributed by atoms with Crippen molar-refractivity contribution in [2.45, 2.75) is 38.4 Å². The van der Waals surface area contributed by atoms with Gasteiger partial charge in [-0.05, 0) is 62.4 Å². The fourth-order valence-electron chi connectivity index (χ4n) is 9.14. The van der Waals surface area contributed by atoms with E-state index in [9.17, 15) is 4.79 Å². The third-order valence-electron chi connectivity index (χ3n) is 12.3. The number of carbonyl (C=O) groups is 1. The summed E-state index contributed by atoms with van der Waals surface area (Å²) in [5.74, 6) is 1.99. The van der Waals surface area contributed by atoms with Crippen molar-refractivity contribution in [2.75, 3.05) is 45.3 Å². The number of imidazole rings is 1. The first kappa shape index (κ1) is 42.0. The zero-order valence-electron chi connectivity index (χ0n) is 36.5. The highest BCUT2D eigenvalue weighted by Crippen LogP contribution is 2.43. The van der Waals surface area contributed by atoms with E-state index in [0.29, 0.717) is 24.6 Å². The van der Waals surface area contributed by atoms with Crippen molar-refractivity contribution in [1.29, 1.82) is 0 Å². The lowest BCUT2D eigenvalue weighted by Gasteiger charge is -2.36. The van der Waals surface area contributed by atoms with E-state index in [2.05, 4.69) is 148 Å². The van der Waals surface area contributed by atoms with E-state index in [-0.39, 0.29) is 5.97 Å². The van der Waals surface area contributed by atoms with Gasteiger partial charge in [0.1, 0.15) is 17.1 Å². The van der Waals surface area contributed by atoms with Gasteiger partial charge in [-0.15, -0.1) is 5.10 Å². The minimum Gasteiger partial charge on any atom is -0.497 e. The SMILES string of the molecule is CCCc1nc(CN2CCN(c3cccc(OC)c3)CC2)c(C(=O)OC)n1Cc1ccc(-c2ccccc2-c2nnnn2C(c2ccccc2)(c2ccccc2)c2ccccc2)cc1. The van der Waals surface area contributed by atoms with Crippen molar-refractivity contribution < 1.29 is 14.3 Å². The van der Waals surface area contributed by atoms with Crippen LogP contribution in [0.5, 0.6) is 5.75 Å². The lowest BCUT2D eigenvalue weighted by atomic mass is 9.77. The van der Waals surface area contributed by atoms with Crippen molar-refractivity contribution in [3.63, 3.8) is 0 Å². The maximum atomic E-state index is 13.6. The summed E-state index contributed by atoms with van der Waals surface area (Å²) in [6, 6.07) is 56.3.